The highest BCUT2D eigenvalue weighted by molar-refractivity contribution is 7.62. The van der Waals surface area contributed by atoms with Gasteiger partial charge in [-0.25, -0.2) is 57.3 Å². The van der Waals surface area contributed by atoms with Gasteiger partial charge in [0.15, 0.2) is 0 Å². The largest absolute Gasteiger partial charge is 0.456 e. The fraction of sp³-hybridized carbons (Fsp3) is 0.222. The first kappa shape index (κ1) is 60.0. The second-order valence-corrected chi connectivity index (χ2v) is 23.2. The van der Waals surface area contributed by atoms with Gasteiger partial charge in [-0.1, -0.05) is 22.8 Å². The molecule has 2 aliphatic heterocycles. The topological polar surface area (TPSA) is 266 Å². The summed E-state index contributed by atoms with van der Waals surface area (Å²) in [5.74, 6) is 1.52. The molecule has 0 atom stereocenters. The summed E-state index contributed by atoms with van der Waals surface area (Å²) in [7, 11) is -2.97. The average Bonchev–Trinajstić information content (AvgIpc) is 4.04. The van der Waals surface area contributed by atoms with Crippen molar-refractivity contribution in [2.45, 2.75) is 6.42 Å². The van der Waals surface area contributed by atoms with E-state index in [1.807, 2.05) is 0 Å². The van der Waals surface area contributed by atoms with Crippen molar-refractivity contribution in [1.82, 2.24) is 30.4 Å². The zero-order valence-corrected chi connectivity index (χ0v) is 45.8. The zero-order valence-electron chi connectivity index (χ0n) is 44.1. The van der Waals surface area contributed by atoms with Crippen LogP contribution in [0.2, 0.25) is 0 Å². The Balaban J connectivity index is 0.000000243. The molecule has 0 unspecified atom stereocenters. The Labute approximate surface area is 461 Å². The highest BCUT2D eigenvalue weighted by atomic mass is 31.2. The lowest BCUT2D eigenvalue weighted by molar-refractivity contribution is 0.207. The van der Waals surface area contributed by atoms with E-state index in [9.17, 15) is 46.7 Å². The Morgan fingerprint density at radius 1 is 0.625 bits per heavy atom. The average molecular weight is 1140 g/mol. The van der Waals surface area contributed by atoms with Gasteiger partial charge in [0.05, 0.1) is 32.6 Å². The maximum atomic E-state index is 13.2. The molecule has 12 amide bonds. The quantitative estimate of drug-likeness (QED) is 0.0300. The molecule has 6 aromatic rings. The van der Waals surface area contributed by atoms with Crippen LogP contribution in [0.5, 0.6) is 23.0 Å². The van der Waals surface area contributed by atoms with E-state index in [-0.39, 0.29) is 13.1 Å². The molecule has 4 heterocycles. The van der Waals surface area contributed by atoms with E-state index >= 15 is 0 Å². The Bertz CT molecular complexity index is 3210. The first-order chi connectivity index (χ1) is 38.2. The molecule has 418 valence electrons. The number of aromatic nitrogens is 2. The van der Waals surface area contributed by atoms with Crippen LogP contribution in [0.25, 0.3) is 0 Å². The second kappa shape index (κ2) is 28.9. The van der Waals surface area contributed by atoms with Crippen LogP contribution in [0.15, 0.2) is 146 Å². The lowest BCUT2D eigenvalue weighted by atomic mass is 10.3. The number of imide groups is 2. The molecular formula is C54H59F2N12O10P2+. The number of ether oxygens (including phenoxy) is 2. The number of anilines is 6. The van der Waals surface area contributed by atoms with Gasteiger partial charge in [-0.15, -0.1) is 6.58 Å². The number of benzene rings is 4. The normalized spacial score (nSPS) is 12.7. The Kier molecular flexibility index (Phi) is 21.7. The second-order valence-electron chi connectivity index (χ2n) is 18.0. The van der Waals surface area contributed by atoms with E-state index in [2.05, 4.69) is 48.4 Å². The van der Waals surface area contributed by atoms with Crippen molar-refractivity contribution < 1.29 is 56.2 Å². The number of urea groups is 6. The maximum Gasteiger partial charge on any atom is 0.332 e. The van der Waals surface area contributed by atoms with Gasteiger partial charge in [-0.2, -0.15) is 0 Å². The maximum absolute atomic E-state index is 13.2. The molecule has 0 spiro atoms. The van der Waals surface area contributed by atoms with Crippen molar-refractivity contribution >= 4 is 85.5 Å². The Morgan fingerprint density at radius 2 is 1.05 bits per heavy atom. The van der Waals surface area contributed by atoms with Crippen LogP contribution in [-0.2, 0) is 9.13 Å². The molecule has 8 rings (SSSR count). The number of hydrogen-bond acceptors (Lipinski definition) is 12. The van der Waals surface area contributed by atoms with Gasteiger partial charge < -0.3 is 35.3 Å². The Morgan fingerprint density at radius 3 is 1.44 bits per heavy atom. The summed E-state index contributed by atoms with van der Waals surface area (Å²) in [5.41, 5.74) is 1.87. The molecule has 2 aliphatic rings. The van der Waals surface area contributed by atoms with Gasteiger partial charge in [0, 0.05) is 67.2 Å². The van der Waals surface area contributed by atoms with Crippen LogP contribution in [0.1, 0.15) is 6.42 Å². The summed E-state index contributed by atoms with van der Waals surface area (Å²) in [4.78, 5) is 87.9. The van der Waals surface area contributed by atoms with Crippen LogP contribution < -0.4 is 51.2 Å². The number of nitrogens with one attached hydrogen (secondary N) is 6. The summed E-state index contributed by atoms with van der Waals surface area (Å²) in [6, 6.07) is 27.7. The van der Waals surface area contributed by atoms with Gasteiger partial charge in [-0.3, -0.25) is 20.4 Å². The number of nitrogens with zero attached hydrogens (tertiary/aromatic N) is 6. The fourth-order valence-electron chi connectivity index (χ4n) is 7.28. The molecule has 0 bridgehead atoms. The standard InChI is InChI=1S/C27H30FN6O5P.C25H23FN6O4.C2H6OP/c1-40(2,38)16-4-13-29-25(35)32-24-12-11-23(18-30-24)39-22-6-3-5-20(17-22)31-26(36)34-15-14-33(27(34)37)21-9-7-19(28)8-10-21;1-2-12-27-23(33)30-22-11-10-21(16-28-22)36-20-5-3-4-18(15-20)29-24(34)32-14-13-31(25(32)35)19-8-6-17(26)7-9-19;1-4(2)3/h3,5-12,17-18H,4,13-16H2,1-2H3,(H,31,36)(H2,29,30,32,35);2-11,15-16H,1,12-14H2,(H,29,34)(H2,27,28,30,33);1-2H3/q;;+1. The summed E-state index contributed by atoms with van der Waals surface area (Å²) < 4.78 is 59.3. The van der Waals surface area contributed by atoms with E-state index in [0.29, 0.717) is 96.1 Å². The third-order valence-electron chi connectivity index (χ3n) is 10.9. The van der Waals surface area contributed by atoms with Crippen molar-refractivity contribution in [3.8, 4) is 23.0 Å². The molecule has 6 N–H and O–H groups in total. The molecule has 2 aromatic heterocycles. The number of pyridine rings is 2. The number of carbonyl (C=O) groups excluding carboxylic acids is 6. The SMILES string of the molecule is C=CCNC(=O)Nc1ccc(Oc2cccc(NC(=O)N3CCN(c4ccc(F)cc4)C3=O)c2)cn1.CP(C)(=O)CCCNC(=O)Nc1ccc(Oc2cccc(NC(=O)N3CCN(c4ccc(F)cc4)C3=O)c2)cn1.C[P+](C)=O. The van der Waals surface area contributed by atoms with Gasteiger partial charge in [0.1, 0.15) is 59.6 Å². The van der Waals surface area contributed by atoms with Gasteiger partial charge >= 0.3 is 44.0 Å². The van der Waals surface area contributed by atoms with E-state index in [1.165, 1.54) is 70.7 Å². The van der Waals surface area contributed by atoms with E-state index in [0.717, 1.165) is 9.80 Å². The monoisotopic (exact) mass is 1140 g/mol. The van der Waals surface area contributed by atoms with Crippen LogP contribution in [0, 0.1) is 11.6 Å². The molecule has 0 radical (unpaired) electrons. The number of rotatable bonds is 16. The first-order valence-electron chi connectivity index (χ1n) is 24.6. The van der Waals surface area contributed by atoms with Crippen LogP contribution in [-0.4, -0.2) is 128 Å². The minimum absolute atomic E-state index is 0.182. The minimum atomic E-state index is -2.10. The van der Waals surface area contributed by atoms with Crippen LogP contribution in [0.4, 0.5) is 71.9 Å². The smallest absolute Gasteiger partial charge is 0.332 e. The third kappa shape index (κ3) is 19.0. The van der Waals surface area contributed by atoms with Crippen molar-refractivity contribution in [2.75, 3.05) is 103 Å². The predicted octanol–water partition coefficient (Wildman–Crippen LogP) is 11.5. The highest BCUT2D eigenvalue weighted by Crippen LogP contribution is 2.36. The molecular weight excluding hydrogens is 1080 g/mol. The van der Waals surface area contributed by atoms with E-state index in [1.54, 1.807) is 106 Å². The predicted molar refractivity (Wildman–Crippen MR) is 304 cm³/mol. The van der Waals surface area contributed by atoms with Crippen molar-refractivity contribution in [3.63, 3.8) is 0 Å². The van der Waals surface area contributed by atoms with Crippen molar-refractivity contribution in [2.24, 2.45) is 0 Å². The van der Waals surface area contributed by atoms with Gasteiger partial charge in [-0.05, 0) is 117 Å². The summed E-state index contributed by atoms with van der Waals surface area (Å²) >= 11 is 0. The highest BCUT2D eigenvalue weighted by Gasteiger charge is 2.35. The number of amides is 12. The van der Waals surface area contributed by atoms with Crippen molar-refractivity contribution in [1.29, 1.82) is 0 Å². The van der Waals surface area contributed by atoms with Crippen LogP contribution >= 0.6 is 14.9 Å². The Hall–Kier alpha value is -9.27. The van der Waals surface area contributed by atoms with Gasteiger partial charge in [0.2, 0.25) is 0 Å². The van der Waals surface area contributed by atoms with Crippen LogP contribution in [0.3, 0.4) is 0 Å². The molecule has 0 saturated carbocycles. The molecule has 4 aromatic carbocycles. The van der Waals surface area contributed by atoms with Crippen molar-refractivity contribution in [3.05, 3.63) is 158 Å². The lowest BCUT2D eigenvalue weighted by Crippen LogP contribution is -2.39. The summed E-state index contributed by atoms with van der Waals surface area (Å²) in [6.45, 7) is 12.0. The minimum Gasteiger partial charge on any atom is -0.456 e. The first-order valence-corrected chi connectivity index (χ1v) is 29.6. The molecule has 26 heteroatoms. The van der Waals surface area contributed by atoms with E-state index in [4.69, 9.17) is 9.47 Å². The molecule has 22 nitrogen and oxygen atoms in total. The fourth-order valence-corrected chi connectivity index (χ4v) is 8.20. The molecule has 2 saturated heterocycles. The number of carbonyl (C=O) groups is 6. The van der Waals surface area contributed by atoms with Gasteiger partial charge in [0.25, 0.3) is 0 Å². The molecule has 80 heavy (non-hydrogen) atoms. The number of halogens is 2. The van der Waals surface area contributed by atoms with E-state index < -0.39 is 62.8 Å². The number of hydrogen-bond donors (Lipinski definition) is 6. The molecule has 0 aliphatic carbocycles. The third-order valence-corrected chi connectivity index (χ3v) is 12.3. The summed E-state index contributed by atoms with van der Waals surface area (Å²) in [5, 5.41) is 15.9. The zero-order chi connectivity index (χ0) is 57.8. The summed E-state index contributed by atoms with van der Waals surface area (Å²) in [6.07, 6.45) is 5.64. The lowest BCUT2D eigenvalue weighted by Gasteiger charge is -2.18. The molecule has 2 fully saturated rings.